The van der Waals surface area contributed by atoms with Crippen molar-refractivity contribution in [3.8, 4) is 5.75 Å². The number of anilines is 1. The van der Waals surface area contributed by atoms with Crippen LogP contribution in [0.15, 0.2) is 67.0 Å². The molecule has 0 aliphatic carbocycles. The quantitative estimate of drug-likeness (QED) is 0.374. The van der Waals surface area contributed by atoms with E-state index in [9.17, 15) is 14.7 Å². The number of carbonyl (C=O) groups is 2. The Balaban J connectivity index is 1.60. The summed E-state index contributed by atoms with van der Waals surface area (Å²) in [5.74, 6) is 0.0528. The van der Waals surface area contributed by atoms with Crippen LogP contribution in [0.5, 0.6) is 5.75 Å². The first-order valence-corrected chi connectivity index (χ1v) is 11.5. The SMILES string of the molecule is CCCOc1ccc(C(=O)NC(CCO)Cc2ccc(NC(=O)c3ccncc3)cc2)cc1Cl. The number of carbonyl (C=O) groups excluding carboxylic acids is 2. The monoisotopic (exact) mass is 481 g/mol. The highest BCUT2D eigenvalue weighted by molar-refractivity contribution is 6.32. The Bertz CT molecular complexity index is 1090. The number of nitrogens with zero attached hydrogens (tertiary/aromatic N) is 1. The lowest BCUT2D eigenvalue weighted by atomic mass is 10.0. The molecule has 178 valence electrons. The number of rotatable bonds is 11. The van der Waals surface area contributed by atoms with E-state index in [1.165, 1.54) is 0 Å². The molecule has 0 fully saturated rings. The fraction of sp³-hybridized carbons (Fsp3) is 0.269. The van der Waals surface area contributed by atoms with Gasteiger partial charge in [-0.2, -0.15) is 0 Å². The van der Waals surface area contributed by atoms with E-state index in [1.807, 2.05) is 19.1 Å². The summed E-state index contributed by atoms with van der Waals surface area (Å²) in [4.78, 5) is 29.0. The van der Waals surface area contributed by atoms with Crippen molar-refractivity contribution in [3.05, 3.63) is 88.7 Å². The molecule has 2 aromatic carbocycles. The number of aromatic nitrogens is 1. The van der Waals surface area contributed by atoms with E-state index in [0.717, 1.165) is 12.0 Å². The van der Waals surface area contributed by atoms with E-state index in [1.54, 1.807) is 54.9 Å². The van der Waals surface area contributed by atoms with Crippen LogP contribution in [-0.2, 0) is 6.42 Å². The molecule has 3 aromatic rings. The smallest absolute Gasteiger partial charge is 0.255 e. The molecular formula is C26H28ClN3O4. The molecule has 3 N–H and O–H groups in total. The van der Waals surface area contributed by atoms with Gasteiger partial charge in [0.1, 0.15) is 5.75 Å². The molecule has 0 aliphatic rings. The van der Waals surface area contributed by atoms with Crippen LogP contribution in [0.3, 0.4) is 0 Å². The van der Waals surface area contributed by atoms with Crippen LogP contribution >= 0.6 is 11.6 Å². The van der Waals surface area contributed by atoms with Gasteiger partial charge < -0.3 is 20.5 Å². The molecule has 0 bridgehead atoms. The van der Waals surface area contributed by atoms with Gasteiger partial charge in [-0.25, -0.2) is 0 Å². The molecule has 0 radical (unpaired) electrons. The lowest BCUT2D eigenvalue weighted by Crippen LogP contribution is -2.37. The summed E-state index contributed by atoms with van der Waals surface area (Å²) in [7, 11) is 0. The molecule has 1 aromatic heterocycles. The van der Waals surface area contributed by atoms with Crippen LogP contribution < -0.4 is 15.4 Å². The summed E-state index contributed by atoms with van der Waals surface area (Å²) < 4.78 is 5.55. The van der Waals surface area contributed by atoms with Gasteiger partial charge in [0.2, 0.25) is 0 Å². The van der Waals surface area contributed by atoms with Gasteiger partial charge in [-0.05, 0) is 67.3 Å². The normalized spacial score (nSPS) is 11.5. The Morgan fingerprint density at radius 1 is 1.03 bits per heavy atom. The molecule has 1 unspecified atom stereocenters. The number of nitrogens with one attached hydrogen (secondary N) is 2. The molecule has 0 saturated carbocycles. The Hall–Kier alpha value is -3.42. The maximum Gasteiger partial charge on any atom is 0.255 e. The van der Waals surface area contributed by atoms with E-state index in [-0.39, 0.29) is 24.5 Å². The minimum Gasteiger partial charge on any atom is -0.492 e. The summed E-state index contributed by atoms with van der Waals surface area (Å²) >= 11 is 6.25. The topological polar surface area (TPSA) is 101 Å². The van der Waals surface area contributed by atoms with Gasteiger partial charge in [-0.3, -0.25) is 14.6 Å². The number of aliphatic hydroxyl groups is 1. The van der Waals surface area contributed by atoms with Gasteiger partial charge in [-0.15, -0.1) is 0 Å². The fourth-order valence-electron chi connectivity index (χ4n) is 3.34. The van der Waals surface area contributed by atoms with Crippen molar-refractivity contribution in [2.24, 2.45) is 0 Å². The number of benzene rings is 2. The van der Waals surface area contributed by atoms with Gasteiger partial charge >= 0.3 is 0 Å². The van der Waals surface area contributed by atoms with Crippen molar-refractivity contribution in [1.82, 2.24) is 10.3 Å². The van der Waals surface area contributed by atoms with E-state index in [4.69, 9.17) is 16.3 Å². The maximum atomic E-state index is 12.8. The lowest BCUT2D eigenvalue weighted by molar-refractivity contribution is 0.0929. The average Bonchev–Trinajstić information content (AvgIpc) is 2.85. The minimum absolute atomic E-state index is 0.0599. The molecule has 7 nitrogen and oxygen atoms in total. The Morgan fingerprint density at radius 2 is 1.76 bits per heavy atom. The summed E-state index contributed by atoms with van der Waals surface area (Å²) in [5.41, 5.74) is 2.57. The zero-order valence-corrected chi connectivity index (χ0v) is 19.7. The van der Waals surface area contributed by atoms with Crippen LogP contribution in [0, 0.1) is 0 Å². The first-order valence-electron chi connectivity index (χ1n) is 11.1. The molecule has 0 saturated heterocycles. The van der Waals surface area contributed by atoms with E-state index < -0.39 is 0 Å². The summed E-state index contributed by atoms with van der Waals surface area (Å²) in [6.07, 6.45) is 4.92. The van der Waals surface area contributed by atoms with Crippen molar-refractivity contribution in [1.29, 1.82) is 0 Å². The Morgan fingerprint density at radius 3 is 2.41 bits per heavy atom. The van der Waals surface area contributed by atoms with Gasteiger partial charge in [0.15, 0.2) is 0 Å². The van der Waals surface area contributed by atoms with Crippen molar-refractivity contribution in [2.45, 2.75) is 32.2 Å². The van der Waals surface area contributed by atoms with Crippen LogP contribution in [0.25, 0.3) is 0 Å². The molecule has 3 rings (SSSR count). The molecule has 0 aliphatic heterocycles. The van der Waals surface area contributed by atoms with Gasteiger partial charge in [-0.1, -0.05) is 30.7 Å². The fourth-order valence-corrected chi connectivity index (χ4v) is 3.57. The Kier molecular flexibility index (Phi) is 9.43. The number of pyridine rings is 1. The third kappa shape index (κ3) is 7.30. The average molecular weight is 482 g/mol. The van der Waals surface area contributed by atoms with Crippen LogP contribution in [0.2, 0.25) is 5.02 Å². The van der Waals surface area contributed by atoms with Gasteiger partial charge in [0.05, 0.1) is 11.6 Å². The summed E-state index contributed by atoms with van der Waals surface area (Å²) in [5, 5.41) is 15.7. The van der Waals surface area contributed by atoms with Crippen LogP contribution in [-0.4, -0.2) is 41.2 Å². The largest absolute Gasteiger partial charge is 0.492 e. The molecule has 2 amide bonds. The predicted octanol–water partition coefficient (Wildman–Crippen LogP) is 4.50. The first kappa shape index (κ1) is 25.2. The number of hydrogen-bond acceptors (Lipinski definition) is 5. The van der Waals surface area contributed by atoms with Gasteiger partial charge in [0.25, 0.3) is 11.8 Å². The second kappa shape index (κ2) is 12.7. The standard InChI is InChI=1S/C26H28ClN3O4/c1-2-15-34-24-8-5-20(17-23(24)27)26(33)30-22(11-14-31)16-18-3-6-21(7-4-18)29-25(32)19-9-12-28-13-10-19/h3-10,12-13,17,22,31H,2,11,14-16H2,1H3,(H,29,32)(H,30,33). The zero-order valence-electron chi connectivity index (χ0n) is 19.0. The molecular weight excluding hydrogens is 454 g/mol. The molecule has 8 heteroatoms. The van der Waals surface area contributed by atoms with Crippen molar-refractivity contribution in [3.63, 3.8) is 0 Å². The number of amides is 2. The highest BCUT2D eigenvalue weighted by atomic mass is 35.5. The van der Waals surface area contributed by atoms with Crippen LogP contribution in [0.1, 0.15) is 46.0 Å². The maximum absolute atomic E-state index is 12.8. The second-order valence-electron chi connectivity index (χ2n) is 7.77. The summed E-state index contributed by atoms with van der Waals surface area (Å²) in [6, 6.07) is 15.3. The second-order valence-corrected chi connectivity index (χ2v) is 8.17. The van der Waals surface area contributed by atoms with E-state index in [2.05, 4.69) is 15.6 Å². The van der Waals surface area contributed by atoms with E-state index >= 15 is 0 Å². The number of hydrogen-bond donors (Lipinski definition) is 3. The molecule has 0 spiro atoms. The highest BCUT2D eigenvalue weighted by Crippen LogP contribution is 2.25. The predicted molar refractivity (Wildman–Crippen MR) is 133 cm³/mol. The van der Waals surface area contributed by atoms with Crippen molar-refractivity contribution >= 4 is 29.1 Å². The molecule has 1 heterocycles. The van der Waals surface area contributed by atoms with Crippen LogP contribution in [0.4, 0.5) is 5.69 Å². The number of halogens is 1. The zero-order chi connectivity index (χ0) is 24.3. The highest BCUT2D eigenvalue weighted by Gasteiger charge is 2.16. The third-order valence-corrected chi connectivity index (χ3v) is 5.40. The molecule has 1 atom stereocenters. The summed E-state index contributed by atoms with van der Waals surface area (Å²) in [6.45, 7) is 2.49. The lowest BCUT2D eigenvalue weighted by Gasteiger charge is -2.19. The van der Waals surface area contributed by atoms with Crippen molar-refractivity contribution in [2.75, 3.05) is 18.5 Å². The van der Waals surface area contributed by atoms with Crippen molar-refractivity contribution < 1.29 is 19.4 Å². The number of aliphatic hydroxyl groups excluding tert-OH is 1. The first-order chi connectivity index (χ1) is 16.5. The number of ether oxygens (including phenoxy) is 1. The molecule has 34 heavy (non-hydrogen) atoms. The minimum atomic E-state index is -0.274. The van der Waals surface area contributed by atoms with Gasteiger partial charge in [0, 0.05) is 41.9 Å². The third-order valence-electron chi connectivity index (χ3n) is 5.10. The Labute approximate surface area is 204 Å². The van der Waals surface area contributed by atoms with E-state index in [0.29, 0.717) is 47.0 Å².